The van der Waals surface area contributed by atoms with Crippen LogP contribution >= 0.6 is 0 Å². The topological polar surface area (TPSA) is 34.1 Å². The van der Waals surface area contributed by atoms with E-state index in [9.17, 15) is 9.00 Å². The molecule has 0 N–H and O–H groups in total. The maximum absolute atomic E-state index is 11.3. The Balaban J connectivity index is 3.23. The maximum Gasteiger partial charge on any atom is 0.159 e. The lowest BCUT2D eigenvalue weighted by Crippen LogP contribution is -1.99. The van der Waals surface area contributed by atoms with Crippen LogP contribution in [0.15, 0.2) is 47.9 Å². The first-order valence-corrected chi connectivity index (χ1v) is 6.44. The van der Waals surface area contributed by atoms with Crippen molar-refractivity contribution in [2.45, 2.75) is 6.92 Å². The van der Waals surface area contributed by atoms with Gasteiger partial charge in [0.25, 0.3) is 0 Å². The Labute approximate surface area is 98.1 Å². The molecule has 0 aliphatic heterocycles. The van der Waals surface area contributed by atoms with Gasteiger partial charge in [-0.05, 0) is 12.5 Å². The third-order valence-corrected chi connectivity index (χ3v) is 2.69. The zero-order valence-electron chi connectivity index (χ0n) is 9.40. The van der Waals surface area contributed by atoms with E-state index in [1.807, 2.05) is 30.3 Å². The largest absolute Gasteiger partial charge is 0.295 e. The molecule has 0 aliphatic rings. The molecule has 1 atom stereocenters. The van der Waals surface area contributed by atoms with Crippen molar-refractivity contribution in [3.63, 3.8) is 0 Å². The van der Waals surface area contributed by atoms with Gasteiger partial charge in [-0.25, -0.2) is 0 Å². The van der Waals surface area contributed by atoms with Crippen molar-refractivity contribution in [2.75, 3.05) is 6.26 Å². The predicted molar refractivity (Wildman–Crippen MR) is 68.3 cm³/mol. The molecule has 1 aromatic rings. The highest BCUT2D eigenvalue weighted by atomic mass is 32.2. The van der Waals surface area contributed by atoms with E-state index < -0.39 is 10.8 Å². The van der Waals surface area contributed by atoms with Gasteiger partial charge in [0.1, 0.15) is 0 Å². The Kier molecular flexibility index (Phi) is 4.38. The van der Waals surface area contributed by atoms with Crippen LogP contribution in [0.5, 0.6) is 0 Å². The normalized spacial score (nSPS) is 13.2. The van der Waals surface area contributed by atoms with Crippen molar-refractivity contribution in [1.29, 1.82) is 0 Å². The van der Waals surface area contributed by atoms with Crippen molar-refractivity contribution in [2.24, 2.45) is 0 Å². The Morgan fingerprint density at radius 3 is 2.31 bits per heavy atom. The predicted octanol–water partition coefficient (Wildman–Crippen LogP) is 2.55. The van der Waals surface area contributed by atoms with Crippen molar-refractivity contribution in [3.8, 4) is 0 Å². The van der Waals surface area contributed by atoms with Gasteiger partial charge in [-0.2, -0.15) is 0 Å². The number of hydrogen-bond acceptors (Lipinski definition) is 2. The molecular formula is C13H14O2S. The summed E-state index contributed by atoms with van der Waals surface area (Å²) in [7, 11) is -1.11. The number of hydrogen-bond donors (Lipinski definition) is 0. The molecule has 0 spiro atoms. The molecule has 0 saturated heterocycles. The van der Waals surface area contributed by atoms with Crippen LogP contribution in [0, 0.1) is 0 Å². The Hall–Kier alpha value is -1.48. The van der Waals surface area contributed by atoms with E-state index >= 15 is 0 Å². The molecule has 0 aromatic heterocycles. The first kappa shape index (κ1) is 12.6. The SMILES string of the molecule is C=C(C(C)=O)/C(=C\[S@](C)=O)c1ccccc1. The minimum atomic E-state index is -1.11. The molecule has 0 radical (unpaired) electrons. The molecule has 0 heterocycles. The molecule has 0 bridgehead atoms. The number of carbonyl (C=O) groups is 1. The summed E-state index contributed by atoms with van der Waals surface area (Å²) in [4.78, 5) is 11.3. The van der Waals surface area contributed by atoms with Crippen molar-refractivity contribution in [1.82, 2.24) is 0 Å². The average Bonchev–Trinajstić information content (AvgIpc) is 2.26. The smallest absolute Gasteiger partial charge is 0.159 e. The van der Waals surface area contributed by atoms with Crippen LogP contribution in [-0.4, -0.2) is 16.2 Å². The highest BCUT2D eigenvalue weighted by Gasteiger charge is 2.10. The summed E-state index contributed by atoms with van der Waals surface area (Å²) in [6.07, 6.45) is 1.57. The second kappa shape index (κ2) is 5.56. The fraction of sp³-hybridized carbons (Fsp3) is 0.154. The third kappa shape index (κ3) is 3.28. The summed E-state index contributed by atoms with van der Waals surface area (Å²) >= 11 is 0. The number of rotatable bonds is 4. The van der Waals surface area contributed by atoms with E-state index in [1.54, 1.807) is 11.7 Å². The van der Waals surface area contributed by atoms with E-state index in [0.717, 1.165) is 5.56 Å². The molecule has 3 heteroatoms. The maximum atomic E-state index is 11.3. The molecule has 1 rings (SSSR count). The van der Waals surface area contributed by atoms with Crippen LogP contribution in [0.2, 0.25) is 0 Å². The molecule has 0 saturated carbocycles. The first-order valence-electron chi connectivity index (χ1n) is 4.82. The van der Waals surface area contributed by atoms with Gasteiger partial charge >= 0.3 is 0 Å². The fourth-order valence-electron chi connectivity index (χ4n) is 1.29. The highest BCUT2D eigenvalue weighted by Crippen LogP contribution is 2.22. The average molecular weight is 234 g/mol. The summed E-state index contributed by atoms with van der Waals surface area (Å²) in [6.45, 7) is 5.19. The summed E-state index contributed by atoms with van der Waals surface area (Å²) in [5.41, 5.74) is 1.90. The van der Waals surface area contributed by atoms with E-state index in [-0.39, 0.29) is 5.78 Å². The van der Waals surface area contributed by atoms with Gasteiger partial charge in [0.2, 0.25) is 0 Å². The van der Waals surface area contributed by atoms with Gasteiger partial charge in [-0.3, -0.25) is 9.00 Å². The zero-order chi connectivity index (χ0) is 12.1. The fourth-order valence-corrected chi connectivity index (χ4v) is 1.90. The van der Waals surface area contributed by atoms with Crippen LogP contribution in [0.3, 0.4) is 0 Å². The van der Waals surface area contributed by atoms with E-state index in [1.165, 1.54) is 6.92 Å². The molecule has 16 heavy (non-hydrogen) atoms. The molecule has 0 aliphatic carbocycles. The zero-order valence-corrected chi connectivity index (χ0v) is 10.2. The summed E-state index contributed by atoms with van der Waals surface area (Å²) < 4.78 is 11.2. The first-order chi connectivity index (χ1) is 7.52. The van der Waals surface area contributed by atoms with Crippen LogP contribution in [0.1, 0.15) is 12.5 Å². The van der Waals surface area contributed by atoms with Crippen LogP contribution in [0.4, 0.5) is 0 Å². The molecule has 0 fully saturated rings. The van der Waals surface area contributed by atoms with E-state index in [4.69, 9.17) is 0 Å². The minimum Gasteiger partial charge on any atom is -0.295 e. The van der Waals surface area contributed by atoms with Crippen molar-refractivity contribution < 1.29 is 9.00 Å². The monoisotopic (exact) mass is 234 g/mol. The Morgan fingerprint density at radius 2 is 1.88 bits per heavy atom. The summed E-state index contributed by atoms with van der Waals surface area (Å²) in [6, 6.07) is 9.37. The second-order valence-electron chi connectivity index (χ2n) is 3.43. The molecule has 0 unspecified atom stereocenters. The number of ketones is 1. The Morgan fingerprint density at radius 1 is 1.31 bits per heavy atom. The molecule has 84 valence electrons. The van der Waals surface area contributed by atoms with Gasteiger partial charge in [-0.15, -0.1) is 0 Å². The molecule has 1 aromatic carbocycles. The quantitative estimate of drug-likeness (QED) is 0.592. The van der Waals surface area contributed by atoms with E-state index in [2.05, 4.69) is 6.58 Å². The van der Waals surface area contributed by atoms with Gasteiger partial charge in [-0.1, -0.05) is 36.9 Å². The van der Waals surface area contributed by atoms with Gasteiger partial charge in [0, 0.05) is 33.6 Å². The van der Waals surface area contributed by atoms with Crippen molar-refractivity contribution in [3.05, 3.63) is 53.5 Å². The summed E-state index contributed by atoms with van der Waals surface area (Å²) in [5.74, 6) is -0.111. The number of Topliss-reactive ketones (excluding diaryl/α,β-unsaturated/α-hetero) is 1. The number of carbonyl (C=O) groups excluding carboxylic acids is 1. The van der Waals surface area contributed by atoms with Gasteiger partial charge in [0.05, 0.1) is 0 Å². The standard InChI is InChI=1S/C13H14O2S/c1-10(11(2)14)13(9-16(3)15)12-7-5-4-6-8-12/h4-9H,1H2,2-3H3/b13-9+/t16-/m0/s1. The number of benzene rings is 1. The molecular weight excluding hydrogens is 220 g/mol. The van der Waals surface area contributed by atoms with Gasteiger partial charge in [0.15, 0.2) is 5.78 Å². The lowest BCUT2D eigenvalue weighted by Gasteiger charge is -2.07. The highest BCUT2D eigenvalue weighted by molar-refractivity contribution is 7.87. The lowest BCUT2D eigenvalue weighted by atomic mass is 9.98. The Bertz CT molecular complexity index is 458. The van der Waals surface area contributed by atoms with E-state index in [0.29, 0.717) is 11.1 Å². The minimum absolute atomic E-state index is 0.111. The van der Waals surface area contributed by atoms with Gasteiger partial charge < -0.3 is 0 Å². The van der Waals surface area contributed by atoms with Crippen molar-refractivity contribution >= 4 is 22.2 Å². The van der Waals surface area contributed by atoms with Crippen LogP contribution in [-0.2, 0) is 15.6 Å². The second-order valence-corrected chi connectivity index (χ2v) is 4.66. The summed E-state index contributed by atoms with van der Waals surface area (Å²) in [5, 5.41) is 1.55. The molecule has 0 amide bonds. The van der Waals surface area contributed by atoms with Crippen LogP contribution < -0.4 is 0 Å². The van der Waals surface area contributed by atoms with Crippen LogP contribution in [0.25, 0.3) is 5.57 Å². The number of allylic oxidation sites excluding steroid dienone is 2. The third-order valence-electron chi connectivity index (χ3n) is 2.12. The molecule has 2 nitrogen and oxygen atoms in total. The lowest BCUT2D eigenvalue weighted by molar-refractivity contribution is -0.113.